The molecule has 1 unspecified atom stereocenters. The Labute approximate surface area is 143 Å². The van der Waals surface area contributed by atoms with E-state index in [1.807, 2.05) is 24.3 Å². The van der Waals surface area contributed by atoms with E-state index in [2.05, 4.69) is 27.8 Å². The summed E-state index contributed by atoms with van der Waals surface area (Å²) in [5.74, 6) is 0. The molecule has 1 heterocycles. The lowest BCUT2D eigenvalue weighted by Crippen LogP contribution is -2.39. The highest BCUT2D eigenvalue weighted by atomic mass is 79.9. The molecule has 2 rings (SSSR count). The lowest BCUT2D eigenvalue weighted by molar-refractivity contribution is 0.389. The van der Waals surface area contributed by atoms with Crippen molar-refractivity contribution in [1.29, 1.82) is 0 Å². The van der Waals surface area contributed by atoms with Crippen molar-refractivity contribution in [1.82, 2.24) is 4.98 Å². The zero-order valence-corrected chi connectivity index (χ0v) is 14.8. The summed E-state index contributed by atoms with van der Waals surface area (Å²) in [6.07, 6.45) is 4.28. The minimum absolute atomic E-state index is 0.507. The molecule has 0 aliphatic carbocycles. The Morgan fingerprint density at radius 3 is 2.52 bits per heavy atom. The average molecular weight is 388 g/mol. The predicted octanol–water partition coefficient (Wildman–Crippen LogP) is 5.35. The molecule has 112 valence electrons. The van der Waals surface area contributed by atoms with Gasteiger partial charge in [-0.2, -0.15) is 0 Å². The maximum atomic E-state index is 6.65. The molecule has 2 aromatic rings. The maximum absolute atomic E-state index is 6.65. The van der Waals surface area contributed by atoms with E-state index in [0.29, 0.717) is 16.5 Å². The summed E-state index contributed by atoms with van der Waals surface area (Å²) in [4.78, 5) is 4.47. The molecule has 1 atom stereocenters. The highest BCUT2D eigenvalue weighted by Gasteiger charge is 2.28. The molecule has 0 radical (unpaired) electrons. The number of hydrogen-bond donors (Lipinski definition) is 1. The number of aromatic nitrogens is 1. The van der Waals surface area contributed by atoms with Crippen LogP contribution in [0.1, 0.15) is 31.0 Å². The first-order chi connectivity index (χ1) is 9.94. The number of hydrogen-bond acceptors (Lipinski definition) is 2. The number of pyridine rings is 1. The van der Waals surface area contributed by atoms with E-state index in [1.165, 1.54) is 0 Å². The van der Waals surface area contributed by atoms with Gasteiger partial charge in [0.2, 0.25) is 0 Å². The van der Waals surface area contributed by atoms with Gasteiger partial charge in [-0.1, -0.05) is 42.6 Å². The Morgan fingerprint density at radius 1 is 1.19 bits per heavy atom. The third-order valence-electron chi connectivity index (χ3n) is 3.44. The monoisotopic (exact) mass is 386 g/mol. The first-order valence-electron chi connectivity index (χ1n) is 6.79. The van der Waals surface area contributed by atoms with Crippen molar-refractivity contribution in [3.8, 4) is 0 Å². The van der Waals surface area contributed by atoms with Crippen LogP contribution in [0.15, 0.2) is 41.0 Å². The van der Waals surface area contributed by atoms with Gasteiger partial charge in [0.15, 0.2) is 0 Å². The van der Waals surface area contributed by atoms with E-state index in [9.17, 15) is 0 Å². The number of halogens is 3. The third kappa shape index (κ3) is 4.19. The molecule has 5 heteroatoms. The molecule has 0 spiro atoms. The van der Waals surface area contributed by atoms with Gasteiger partial charge in [-0.15, -0.1) is 0 Å². The third-order valence-corrected chi connectivity index (χ3v) is 4.65. The maximum Gasteiger partial charge on any atom is 0.0624 e. The molecule has 1 aromatic heterocycles. The van der Waals surface area contributed by atoms with Gasteiger partial charge in [-0.3, -0.25) is 4.98 Å². The van der Waals surface area contributed by atoms with E-state index in [-0.39, 0.29) is 0 Å². The molecule has 21 heavy (non-hydrogen) atoms. The van der Waals surface area contributed by atoms with Crippen molar-refractivity contribution in [2.24, 2.45) is 5.73 Å². The summed E-state index contributed by atoms with van der Waals surface area (Å²) in [6, 6.07) is 9.58. The minimum atomic E-state index is -0.507. The molecule has 0 fully saturated rings. The fourth-order valence-corrected chi connectivity index (χ4v) is 2.99. The van der Waals surface area contributed by atoms with Crippen molar-refractivity contribution in [2.75, 3.05) is 0 Å². The Bertz CT molecular complexity index is 616. The molecule has 0 saturated heterocycles. The Morgan fingerprint density at radius 2 is 1.95 bits per heavy atom. The van der Waals surface area contributed by atoms with Gasteiger partial charge in [-0.05, 0) is 58.6 Å². The van der Waals surface area contributed by atoms with Crippen LogP contribution in [-0.4, -0.2) is 4.98 Å². The molecule has 0 aliphatic rings. The quantitative estimate of drug-likeness (QED) is 0.751. The average Bonchev–Trinajstić information content (AvgIpc) is 2.44. The minimum Gasteiger partial charge on any atom is -0.320 e. The van der Waals surface area contributed by atoms with Gasteiger partial charge in [0, 0.05) is 10.7 Å². The highest BCUT2D eigenvalue weighted by Crippen LogP contribution is 2.30. The van der Waals surface area contributed by atoms with Crippen LogP contribution in [-0.2, 0) is 12.0 Å². The highest BCUT2D eigenvalue weighted by molar-refractivity contribution is 9.10. The Balaban J connectivity index is 2.32. The van der Waals surface area contributed by atoms with E-state index < -0.39 is 5.54 Å². The molecular formula is C16H17BrCl2N2. The normalized spacial score (nSPS) is 14.0. The van der Waals surface area contributed by atoms with Crippen LogP contribution in [0, 0.1) is 0 Å². The SMILES string of the molecule is CCCC(N)(Cc1ccc(Cl)c(Cl)c1)c1ccc(Br)cn1. The Kier molecular flexibility index (Phi) is 5.67. The standard InChI is InChI=1S/C16H17BrCl2N2/c1-2-7-16(20,15-6-4-12(17)10-21-15)9-11-3-5-13(18)14(19)8-11/h3-6,8,10H,2,7,9,20H2,1H3. The second kappa shape index (κ2) is 7.10. The molecule has 2 nitrogen and oxygen atoms in total. The van der Waals surface area contributed by atoms with Crippen LogP contribution in [0.25, 0.3) is 0 Å². The van der Waals surface area contributed by atoms with Crippen LogP contribution in [0.3, 0.4) is 0 Å². The number of rotatable bonds is 5. The summed E-state index contributed by atoms with van der Waals surface area (Å²) in [5.41, 5.74) is 8.09. The molecule has 0 aliphatic heterocycles. The summed E-state index contributed by atoms with van der Waals surface area (Å²) in [6.45, 7) is 2.12. The van der Waals surface area contributed by atoms with Crippen molar-refractivity contribution in [2.45, 2.75) is 31.7 Å². The summed E-state index contributed by atoms with van der Waals surface area (Å²) in [7, 11) is 0. The van der Waals surface area contributed by atoms with Gasteiger partial charge in [0.05, 0.1) is 21.3 Å². The van der Waals surface area contributed by atoms with Gasteiger partial charge in [0.1, 0.15) is 0 Å². The zero-order chi connectivity index (χ0) is 15.5. The van der Waals surface area contributed by atoms with Gasteiger partial charge in [-0.25, -0.2) is 0 Å². The second-order valence-corrected chi connectivity index (χ2v) is 6.92. The lowest BCUT2D eigenvalue weighted by Gasteiger charge is -2.29. The fraction of sp³-hybridized carbons (Fsp3) is 0.312. The van der Waals surface area contributed by atoms with Crippen LogP contribution in [0.4, 0.5) is 0 Å². The molecule has 0 bridgehead atoms. The van der Waals surface area contributed by atoms with Crippen molar-refractivity contribution < 1.29 is 0 Å². The van der Waals surface area contributed by atoms with Crippen molar-refractivity contribution >= 4 is 39.1 Å². The fourth-order valence-electron chi connectivity index (χ4n) is 2.44. The van der Waals surface area contributed by atoms with Crippen LogP contribution >= 0.6 is 39.1 Å². The summed E-state index contributed by atoms with van der Waals surface area (Å²) in [5, 5.41) is 1.11. The zero-order valence-electron chi connectivity index (χ0n) is 11.7. The topological polar surface area (TPSA) is 38.9 Å². The molecule has 0 saturated carbocycles. The smallest absolute Gasteiger partial charge is 0.0624 e. The van der Waals surface area contributed by atoms with Crippen molar-refractivity contribution in [3.63, 3.8) is 0 Å². The number of nitrogens with zero attached hydrogens (tertiary/aromatic N) is 1. The first kappa shape index (κ1) is 16.8. The van der Waals surface area contributed by atoms with Crippen molar-refractivity contribution in [3.05, 3.63) is 62.3 Å². The molecular weight excluding hydrogens is 371 g/mol. The lowest BCUT2D eigenvalue weighted by atomic mass is 9.84. The van der Waals surface area contributed by atoms with E-state index in [0.717, 1.165) is 28.6 Å². The van der Waals surface area contributed by atoms with Gasteiger partial charge in [0.25, 0.3) is 0 Å². The van der Waals surface area contributed by atoms with E-state index in [4.69, 9.17) is 28.9 Å². The molecule has 2 N–H and O–H groups in total. The van der Waals surface area contributed by atoms with Gasteiger partial charge >= 0.3 is 0 Å². The number of benzene rings is 1. The van der Waals surface area contributed by atoms with E-state index in [1.54, 1.807) is 12.3 Å². The summed E-state index contributed by atoms with van der Waals surface area (Å²) < 4.78 is 0.944. The molecule has 1 aromatic carbocycles. The van der Waals surface area contributed by atoms with Crippen LogP contribution in [0.2, 0.25) is 10.0 Å². The Hall–Kier alpha value is -0.610. The molecule has 0 amide bonds. The number of nitrogens with two attached hydrogens (primary N) is 1. The summed E-state index contributed by atoms with van der Waals surface area (Å²) >= 11 is 15.5. The second-order valence-electron chi connectivity index (χ2n) is 5.19. The van der Waals surface area contributed by atoms with Crippen LogP contribution < -0.4 is 5.73 Å². The van der Waals surface area contributed by atoms with Gasteiger partial charge < -0.3 is 5.73 Å². The largest absolute Gasteiger partial charge is 0.320 e. The van der Waals surface area contributed by atoms with Crippen LogP contribution in [0.5, 0.6) is 0 Å². The first-order valence-corrected chi connectivity index (χ1v) is 8.34. The van der Waals surface area contributed by atoms with E-state index >= 15 is 0 Å². The predicted molar refractivity (Wildman–Crippen MR) is 92.9 cm³/mol.